The molecule has 6 nitrogen and oxygen atoms in total. The Bertz CT molecular complexity index is 988. The lowest BCUT2D eigenvalue weighted by Gasteiger charge is -2.14. The van der Waals surface area contributed by atoms with E-state index in [0.29, 0.717) is 27.2 Å². The Balaban J connectivity index is 2.20. The van der Waals surface area contributed by atoms with Crippen LogP contribution in [0.1, 0.15) is 31.4 Å². The highest BCUT2D eigenvalue weighted by Crippen LogP contribution is 2.36. The highest BCUT2D eigenvalue weighted by atomic mass is 79.9. The largest absolute Gasteiger partial charge is 0.493 e. The van der Waals surface area contributed by atoms with Crippen LogP contribution in [0.3, 0.4) is 0 Å². The van der Waals surface area contributed by atoms with E-state index in [-0.39, 0.29) is 11.7 Å². The Labute approximate surface area is 194 Å². The van der Waals surface area contributed by atoms with Gasteiger partial charge in [-0.1, -0.05) is 44.0 Å². The van der Waals surface area contributed by atoms with Gasteiger partial charge >= 0.3 is 11.9 Å². The van der Waals surface area contributed by atoms with Crippen molar-refractivity contribution < 1.29 is 24.2 Å². The van der Waals surface area contributed by atoms with Crippen LogP contribution in [0.4, 0.5) is 0 Å². The molecule has 0 aliphatic carbocycles. The fraction of sp³-hybridized carbons (Fsp3) is 0.261. The van der Waals surface area contributed by atoms with E-state index in [1.807, 2.05) is 13.8 Å². The van der Waals surface area contributed by atoms with E-state index in [9.17, 15) is 14.7 Å². The fourth-order valence-electron chi connectivity index (χ4n) is 2.63. The van der Waals surface area contributed by atoms with Crippen LogP contribution in [0.25, 0.3) is 6.08 Å². The van der Waals surface area contributed by atoms with Crippen molar-refractivity contribution in [1.82, 2.24) is 0 Å². The summed E-state index contributed by atoms with van der Waals surface area (Å²) in [6.45, 7) is 3.76. The third-order valence-corrected chi connectivity index (χ3v) is 5.40. The van der Waals surface area contributed by atoms with E-state index in [4.69, 9.17) is 21.1 Å². The first-order valence-corrected chi connectivity index (χ1v) is 10.7. The Morgan fingerprint density at radius 1 is 1.23 bits per heavy atom. The molecule has 8 heteroatoms. The highest BCUT2D eigenvalue weighted by Gasteiger charge is 2.22. The molecule has 0 saturated heterocycles. The summed E-state index contributed by atoms with van der Waals surface area (Å²) < 4.78 is 11.2. The molecule has 0 heterocycles. The molecule has 2 aromatic rings. The first kappa shape index (κ1) is 24.6. The Kier molecular flexibility index (Phi) is 9.27. The quantitative estimate of drug-likeness (QED) is 0.205. The van der Waals surface area contributed by atoms with Crippen molar-refractivity contribution in [2.24, 2.45) is 10.9 Å². The molecule has 0 saturated carbocycles. The number of carboxylic acid groups (broad SMARTS) is 1. The maximum Gasteiger partial charge on any atom is 0.336 e. The van der Waals surface area contributed by atoms with Gasteiger partial charge < -0.3 is 14.6 Å². The lowest BCUT2D eigenvalue weighted by molar-refractivity contribution is -0.139. The topological polar surface area (TPSA) is 85.2 Å². The molecule has 1 N–H and O–H groups in total. The number of rotatable bonds is 9. The van der Waals surface area contributed by atoms with Crippen LogP contribution in [0.2, 0.25) is 5.02 Å². The molecular weight excluding hydrogens is 486 g/mol. The van der Waals surface area contributed by atoms with Crippen molar-refractivity contribution in [2.75, 3.05) is 7.11 Å². The van der Waals surface area contributed by atoms with E-state index in [1.165, 1.54) is 19.4 Å². The molecule has 164 valence electrons. The molecule has 0 aliphatic rings. The van der Waals surface area contributed by atoms with Crippen LogP contribution in [0.5, 0.6) is 11.5 Å². The van der Waals surface area contributed by atoms with E-state index in [2.05, 4.69) is 20.9 Å². The molecule has 2 rings (SSSR count). The van der Waals surface area contributed by atoms with Crippen LogP contribution in [-0.2, 0) is 9.59 Å². The molecule has 0 amide bonds. The number of halogens is 2. The van der Waals surface area contributed by atoms with Crippen LogP contribution in [0.15, 0.2) is 51.9 Å². The van der Waals surface area contributed by atoms with Crippen molar-refractivity contribution in [3.05, 3.63) is 63.1 Å². The van der Waals surface area contributed by atoms with Gasteiger partial charge in [-0.3, -0.25) is 4.99 Å². The number of carbonyl (C=O) groups is 2. The number of hydrogen-bond donors (Lipinski definition) is 1. The lowest BCUT2D eigenvalue weighted by Crippen LogP contribution is -2.25. The van der Waals surface area contributed by atoms with Crippen molar-refractivity contribution in [2.45, 2.75) is 26.3 Å². The number of esters is 1. The Hall–Kier alpha value is -2.64. The van der Waals surface area contributed by atoms with Gasteiger partial charge in [0, 0.05) is 17.3 Å². The summed E-state index contributed by atoms with van der Waals surface area (Å²) in [6.07, 6.45) is 5.08. The van der Waals surface area contributed by atoms with Crippen LogP contribution >= 0.6 is 27.5 Å². The fourth-order valence-corrected chi connectivity index (χ4v) is 3.30. The van der Waals surface area contributed by atoms with Crippen LogP contribution in [-0.4, -0.2) is 36.4 Å². The van der Waals surface area contributed by atoms with E-state index >= 15 is 0 Å². The molecular formula is C23H23BrClNO5. The summed E-state index contributed by atoms with van der Waals surface area (Å²) in [6, 6.07) is 9.46. The number of aliphatic imine (C=N–C) groups is 1. The third kappa shape index (κ3) is 7.22. The van der Waals surface area contributed by atoms with Crippen molar-refractivity contribution >= 4 is 51.8 Å². The van der Waals surface area contributed by atoms with E-state index in [0.717, 1.165) is 5.56 Å². The summed E-state index contributed by atoms with van der Waals surface area (Å²) in [5, 5.41) is 9.99. The number of aliphatic carboxylic acids is 1. The normalized spacial score (nSPS) is 13.3. The Morgan fingerprint density at radius 3 is 2.48 bits per heavy atom. The Morgan fingerprint density at radius 2 is 1.90 bits per heavy atom. The molecule has 2 aromatic carbocycles. The highest BCUT2D eigenvalue weighted by molar-refractivity contribution is 9.10. The van der Waals surface area contributed by atoms with Crippen molar-refractivity contribution in [1.29, 1.82) is 0 Å². The molecule has 0 radical (unpaired) electrons. The van der Waals surface area contributed by atoms with Gasteiger partial charge in [-0.2, -0.15) is 0 Å². The molecule has 0 aromatic heterocycles. The maximum absolute atomic E-state index is 12.3. The second-order valence-electron chi connectivity index (χ2n) is 6.79. The third-order valence-electron chi connectivity index (χ3n) is 4.56. The van der Waals surface area contributed by atoms with Crippen LogP contribution < -0.4 is 9.47 Å². The molecule has 2 atom stereocenters. The van der Waals surface area contributed by atoms with Gasteiger partial charge in [0.05, 0.1) is 11.6 Å². The second-order valence-corrected chi connectivity index (χ2v) is 8.08. The van der Waals surface area contributed by atoms with Crippen LogP contribution in [0, 0.1) is 5.92 Å². The summed E-state index contributed by atoms with van der Waals surface area (Å²) in [5.74, 6) is -1.15. The summed E-state index contributed by atoms with van der Waals surface area (Å²) in [7, 11) is 1.45. The minimum atomic E-state index is -0.977. The number of benzene rings is 2. The smallest absolute Gasteiger partial charge is 0.336 e. The average molecular weight is 509 g/mol. The van der Waals surface area contributed by atoms with E-state index < -0.39 is 18.0 Å². The molecule has 0 aliphatic heterocycles. The molecule has 2 unspecified atom stereocenters. The SMILES string of the molecule is CCC(C)C(/N=C/c1cc(Br)c(OC(=O)/C=C/c2ccc(Cl)cc2)c(OC)c1)C(=O)O. The monoisotopic (exact) mass is 507 g/mol. The average Bonchev–Trinajstić information content (AvgIpc) is 2.74. The first-order valence-electron chi connectivity index (χ1n) is 9.54. The lowest BCUT2D eigenvalue weighted by atomic mass is 10.00. The van der Waals surface area contributed by atoms with Gasteiger partial charge in [-0.05, 0) is 63.3 Å². The zero-order chi connectivity index (χ0) is 23.0. The van der Waals surface area contributed by atoms with Crippen molar-refractivity contribution in [3.8, 4) is 11.5 Å². The zero-order valence-electron chi connectivity index (χ0n) is 17.3. The molecule has 0 spiro atoms. The van der Waals surface area contributed by atoms with Crippen molar-refractivity contribution in [3.63, 3.8) is 0 Å². The first-order chi connectivity index (χ1) is 14.7. The minimum absolute atomic E-state index is 0.105. The zero-order valence-corrected chi connectivity index (χ0v) is 19.7. The number of hydrogen-bond acceptors (Lipinski definition) is 5. The standard InChI is InChI=1S/C23H23BrClNO5/c1-4-14(2)21(23(28)29)26-13-16-11-18(24)22(19(12-16)30-3)31-20(27)10-7-15-5-8-17(25)9-6-15/h5-14,21H,4H2,1-3H3,(H,28,29)/b10-7+,26-13+. The number of carboxylic acids is 1. The van der Waals surface area contributed by atoms with Gasteiger partial charge in [-0.15, -0.1) is 0 Å². The minimum Gasteiger partial charge on any atom is -0.493 e. The molecule has 0 fully saturated rings. The maximum atomic E-state index is 12.3. The summed E-state index contributed by atoms with van der Waals surface area (Å²) in [5.41, 5.74) is 1.41. The van der Waals surface area contributed by atoms with Gasteiger partial charge in [0.25, 0.3) is 0 Å². The molecule has 0 bridgehead atoms. The summed E-state index contributed by atoms with van der Waals surface area (Å²) >= 11 is 9.23. The van der Waals surface area contributed by atoms with Gasteiger partial charge in [0.15, 0.2) is 11.5 Å². The molecule has 31 heavy (non-hydrogen) atoms. The van der Waals surface area contributed by atoms with Gasteiger partial charge in [0.2, 0.25) is 0 Å². The predicted molar refractivity (Wildman–Crippen MR) is 125 cm³/mol. The number of nitrogens with zero attached hydrogens (tertiary/aromatic N) is 1. The van der Waals surface area contributed by atoms with E-state index in [1.54, 1.807) is 42.5 Å². The number of methoxy groups -OCH3 is 1. The number of carbonyl (C=O) groups excluding carboxylic acids is 1. The number of ether oxygens (including phenoxy) is 2. The van der Waals surface area contributed by atoms with Gasteiger partial charge in [-0.25, -0.2) is 9.59 Å². The second kappa shape index (κ2) is 11.7. The summed E-state index contributed by atoms with van der Waals surface area (Å²) in [4.78, 5) is 27.9. The van der Waals surface area contributed by atoms with Gasteiger partial charge in [0.1, 0.15) is 6.04 Å². The predicted octanol–water partition coefficient (Wildman–Crippen LogP) is 5.65.